The summed E-state index contributed by atoms with van der Waals surface area (Å²) in [4.78, 5) is 19.0. The second-order valence-corrected chi connectivity index (χ2v) is 11.6. The Bertz CT molecular complexity index is 2260. The average molecular weight is 615 g/mol. The number of pyridine rings is 2. The molecule has 8 rings (SSSR count). The smallest absolute Gasteiger partial charge is 0.160 e. The Balaban J connectivity index is 1.28. The van der Waals surface area contributed by atoms with Gasteiger partial charge >= 0.3 is 0 Å². The highest BCUT2D eigenvalue weighted by Gasteiger charge is 2.14. The SMILES string of the molecule is c1ccc(-c2cc(-c3ccccc3)nc(-c3cc(-c4cccnc4)cc(-c4cccc(-c5cccc(-c6cccnc6)c5)c4)c3)n2)cc1. The summed E-state index contributed by atoms with van der Waals surface area (Å²) in [5.74, 6) is 0.669. The molecule has 0 spiro atoms. The van der Waals surface area contributed by atoms with Crippen LogP contribution < -0.4 is 0 Å². The summed E-state index contributed by atoms with van der Waals surface area (Å²) >= 11 is 0. The summed E-state index contributed by atoms with van der Waals surface area (Å²) in [6.45, 7) is 0. The number of hydrogen-bond donors (Lipinski definition) is 0. The summed E-state index contributed by atoms with van der Waals surface area (Å²) in [6.07, 6.45) is 7.41. The van der Waals surface area contributed by atoms with Gasteiger partial charge in [-0.05, 0) is 81.9 Å². The van der Waals surface area contributed by atoms with E-state index in [9.17, 15) is 0 Å². The molecule has 0 radical (unpaired) electrons. The third-order valence-corrected chi connectivity index (χ3v) is 8.44. The molecular weight excluding hydrogens is 585 g/mol. The van der Waals surface area contributed by atoms with Crippen molar-refractivity contribution < 1.29 is 0 Å². The molecule has 8 aromatic rings. The van der Waals surface area contributed by atoms with Gasteiger partial charge in [0, 0.05) is 52.6 Å². The zero-order valence-electron chi connectivity index (χ0n) is 26.1. The molecule has 48 heavy (non-hydrogen) atoms. The molecule has 4 heteroatoms. The fourth-order valence-electron chi connectivity index (χ4n) is 6.00. The first-order valence-electron chi connectivity index (χ1n) is 15.9. The molecule has 0 saturated carbocycles. The molecule has 0 saturated heterocycles. The lowest BCUT2D eigenvalue weighted by atomic mass is 9.93. The van der Waals surface area contributed by atoms with Gasteiger partial charge in [-0.3, -0.25) is 9.97 Å². The highest BCUT2D eigenvalue weighted by Crippen LogP contribution is 2.35. The minimum absolute atomic E-state index is 0.669. The average Bonchev–Trinajstić information content (AvgIpc) is 3.19. The molecule has 3 heterocycles. The van der Waals surface area contributed by atoms with Gasteiger partial charge in [-0.15, -0.1) is 0 Å². The highest BCUT2D eigenvalue weighted by atomic mass is 14.9. The van der Waals surface area contributed by atoms with Gasteiger partial charge in [0.15, 0.2) is 5.82 Å². The molecule has 0 atom stereocenters. The topological polar surface area (TPSA) is 51.6 Å². The van der Waals surface area contributed by atoms with E-state index in [1.165, 1.54) is 0 Å². The number of rotatable bonds is 7. The van der Waals surface area contributed by atoms with E-state index in [1.54, 1.807) is 12.4 Å². The first-order chi connectivity index (χ1) is 23.8. The number of nitrogens with zero attached hydrogens (tertiary/aromatic N) is 4. The van der Waals surface area contributed by atoms with E-state index in [0.717, 1.165) is 72.6 Å². The fraction of sp³-hybridized carbons (Fsp3) is 0. The summed E-state index contributed by atoms with van der Waals surface area (Å²) in [7, 11) is 0. The molecule has 4 nitrogen and oxygen atoms in total. The van der Waals surface area contributed by atoms with Gasteiger partial charge < -0.3 is 0 Å². The van der Waals surface area contributed by atoms with E-state index < -0.39 is 0 Å². The second kappa shape index (κ2) is 13.1. The second-order valence-electron chi connectivity index (χ2n) is 11.6. The Kier molecular flexibility index (Phi) is 7.87. The van der Waals surface area contributed by atoms with E-state index >= 15 is 0 Å². The molecule has 0 aliphatic rings. The predicted octanol–water partition coefficient (Wildman–Crippen LogP) is 10.9. The van der Waals surface area contributed by atoms with E-state index in [4.69, 9.17) is 9.97 Å². The highest BCUT2D eigenvalue weighted by molar-refractivity contribution is 5.83. The van der Waals surface area contributed by atoms with Gasteiger partial charge in [0.05, 0.1) is 11.4 Å². The molecule has 0 N–H and O–H groups in total. The van der Waals surface area contributed by atoms with Crippen molar-refractivity contribution in [2.75, 3.05) is 0 Å². The summed E-state index contributed by atoms with van der Waals surface area (Å²) in [5.41, 5.74) is 13.6. The molecule has 0 fully saturated rings. The maximum atomic E-state index is 5.14. The van der Waals surface area contributed by atoms with Crippen LogP contribution in [-0.2, 0) is 0 Å². The maximum Gasteiger partial charge on any atom is 0.160 e. The summed E-state index contributed by atoms with van der Waals surface area (Å²) in [6, 6.07) is 54.7. The molecule has 0 unspecified atom stereocenters. The van der Waals surface area contributed by atoms with Crippen molar-refractivity contribution in [3.63, 3.8) is 0 Å². The van der Waals surface area contributed by atoms with Crippen LogP contribution in [0.25, 0.3) is 78.4 Å². The van der Waals surface area contributed by atoms with Crippen molar-refractivity contribution >= 4 is 0 Å². The van der Waals surface area contributed by atoms with Crippen molar-refractivity contribution in [1.82, 2.24) is 19.9 Å². The van der Waals surface area contributed by atoms with Gasteiger partial charge in [-0.1, -0.05) is 109 Å². The molecule has 0 aliphatic heterocycles. The van der Waals surface area contributed by atoms with Crippen molar-refractivity contribution in [2.45, 2.75) is 0 Å². The van der Waals surface area contributed by atoms with Crippen LogP contribution >= 0.6 is 0 Å². The minimum atomic E-state index is 0.669. The number of aromatic nitrogens is 4. The third kappa shape index (κ3) is 6.15. The van der Waals surface area contributed by atoms with E-state index in [1.807, 2.05) is 60.9 Å². The van der Waals surface area contributed by atoms with Gasteiger partial charge in [0.1, 0.15) is 0 Å². The van der Waals surface area contributed by atoms with Crippen LogP contribution in [0.15, 0.2) is 183 Å². The van der Waals surface area contributed by atoms with Gasteiger partial charge in [-0.2, -0.15) is 0 Å². The lowest BCUT2D eigenvalue weighted by Crippen LogP contribution is -1.97. The molecule has 0 bridgehead atoms. The van der Waals surface area contributed by atoms with Crippen LogP contribution in [0, 0.1) is 0 Å². The van der Waals surface area contributed by atoms with Gasteiger partial charge in [0.2, 0.25) is 0 Å². The predicted molar refractivity (Wildman–Crippen MR) is 196 cm³/mol. The first kappa shape index (κ1) is 28.9. The zero-order chi connectivity index (χ0) is 32.1. The Hall–Kier alpha value is -6.52. The zero-order valence-corrected chi connectivity index (χ0v) is 26.1. The quantitative estimate of drug-likeness (QED) is 0.179. The van der Waals surface area contributed by atoms with Crippen molar-refractivity contribution in [2.24, 2.45) is 0 Å². The van der Waals surface area contributed by atoms with Crippen LogP contribution in [0.5, 0.6) is 0 Å². The molecule has 3 aromatic heterocycles. The van der Waals surface area contributed by atoms with Crippen molar-refractivity contribution in [3.8, 4) is 78.4 Å². The number of hydrogen-bond acceptors (Lipinski definition) is 4. The lowest BCUT2D eigenvalue weighted by molar-refractivity contribution is 1.18. The lowest BCUT2D eigenvalue weighted by Gasteiger charge is -2.13. The fourth-order valence-corrected chi connectivity index (χ4v) is 6.00. The molecule has 0 aliphatic carbocycles. The standard InChI is InChI=1S/C44H30N4/c1-3-11-31(12-4-1)42-28-43(32-13-5-2-6-14-32)48-44(47-42)41-26-39(25-40(27-41)38-20-10-22-46-30-38)36-18-8-16-34(24-36)33-15-7-17-35(23-33)37-19-9-21-45-29-37/h1-30H. The largest absolute Gasteiger partial charge is 0.264 e. The van der Waals surface area contributed by atoms with Crippen LogP contribution in [-0.4, -0.2) is 19.9 Å². The molecule has 5 aromatic carbocycles. The molecular formula is C44H30N4. The van der Waals surface area contributed by atoms with Crippen LogP contribution in [0.3, 0.4) is 0 Å². The van der Waals surface area contributed by atoms with Crippen LogP contribution in [0.2, 0.25) is 0 Å². The summed E-state index contributed by atoms with van der Waals surface area (Å²) in [5, 5.41) is 0. The Morgan fingerprint density at radius 3 is 1.15 bits per heavy atom. The van der Waals surface area contributed by atoms with Gasteiger partial charge in [0.25, 0.3) is 0 Å². The van der Waals surface area contributed by atoms with E-state index in [-0.39, 0.29) is 0 Å². The molecule has 0 amide bonds. The van der Waals surface area contributed by atoms with Gasteiger partial charge in [-0.25, -0.2) is 9.97 Å². The third-order valence-electron chi connectivity index (χ3n) is 8.44. The van der Waals surface area contributed by atoms with Crippen LogP contribution in [0.4, 0.5) is 0 Å². The monoisotopic (exact) mass is 614 g/mol. The van der Waals surface area contributed by atoms with E-state index in [0.29, 0.717) is 5.82 Å². The van der Waals surface area contributed by atoms with E-state index in [2.05, 4.69) is 119 Å². The maximum absolute atomic E-state index is 5.14. The first-order valence-corrected chi connectivity index (χ1v) is 15.9. The van der Waals surface area contributed by atoms with Crippen LogP contribution in [0.1, 0.15) is 0 Å². The van der Waals surface area contributed by atoms with Crippen molar-refractivity contribution in [3.05, 3.63) is 183 Å². The number of benzene rings is 5. The normalized spacial score (nSPS) is 10.9. The molecule has 226 valence electrons. The summed E-state index contributed by atoms with van der Waals surface area (Å²) < 4.78 is 0. The van der Waals surface area contributed by atoms with Crippen molar-refractivity contribution in [1.29, 1.82) is 0 Å². The Morgan fingerprint density at radius 1 is 0.271 bits per heavy atom. The minimum Gasteiger partial charge on any atom is -0.264 e. The Morgan fingerprint density at radius 2 is 0.646 bits per heavy atom. The Labute approximate surface area is 280 Å².